The smallest absolute Gasteiger partial charge is 0.744 e. The van der Waals surface area contributed by atoms with Gasteiger partial charge in [-0.1, -0.05) is 26.0 Å². The Morgan fingerprint density at radius 1 is 0.800 bits per heavy atom. The molecule has 0 bridgehead atoms. The second-order valence-electron chi connectivity index (χ2n) is 14.0. The van der Waals surface area contributed by atoms with Gasteiger partial charge in [0, 0.05) is 21.9 Å². The Morgan fingerprint density at radius 2 is 1.35 bits per heavy atom. The first-order valence-electron chi connectivity index (χ1n) is 15.7. The Bertz CT molecular complexity index is 2670. The third-order valence-electron chi connectivity index (χ3n) is 10.1. The van der Waals surface area contributed by atoms with Gasteiger partial charge >= 0.3 is 257 Å². The van der Waals surface area contributed by atoms with Gasteiger partial charge in [0.25, 0.3) is 10.1 Å². The van der Waals surface area contributed by atoms with Crippen molar-refractivity contribution in [3.63, 3.8) is 0 Å². The van der Waals surface area contributed by atoms with Crippen molar-refractivity contribution in [2.75, 3.05) is 12.3 Å². The molecule has 1 N–H and O–H groups in total. The quantitative estimate of drug-likeness (QED) is 0.0486. The Labute approximate surface area is 566 Å². The molecular weight excluding hydrogens is 1050 g/mol. The average molecular weight is 1080 g/mol. The monoisotopic (exact) mass is 1080 g/mol. The van der Waals surface area contributed by atoms with Gasteiger partial charge in [0.15, 0.2) is 15.5 Å². The van der Waals surface area contributed by atoms with Gasteiger partial charge in [0.2, 0.25) is 0 Å². The van der Waals surface area contributed by atoms with Gasteiger partial charge in [-0.05, 0) is 73.2 Å². The molecule has 2 aromatic rings. The molecule has 3 aliphatic rings. The summed E-state index contributed by atoms with van der Waals surface area (Å²) in [4.78, 5) is -3.08. The fourth-order valence-electron chi connectivity index (χ4n) is 8.04. The predicted molar refractivity (Wildman–Crippen MR) is 185 cm³/mol. The number of hydrogen-bond donors (Lipinski definition) is 1. The zero-order valence-corrected chi connectivity index (χ0v) is 54.5. The zero-order valence-electron chi connectivity index (χ0n) is 33.9. The minimum Gasteiger partial charge on any atom is -0.744 e. The van der Waals surface area contributed by atoms with Crippen molar-refractivity contribution in [2.45, 2.75) is 82.7 Å². The molecule has 1 spiro atoms. The van der Waals surface area contributed by atoms with Crippen LogP contribution in [0.3, 0.4) is 0 Å². The van der Waals surface area contributed by atoms with Crippen molar-refractivity contribution in [3.8, 4) is 0 Å². The Kier molecular flexibility index (Phi) is 26.1. The van der Waals surface area contributed by atoms with Gasteiger partial charge in [0.1, 0.15) is 41.7 Å². The SMILES string of the molecule is CC1(C)C(C=C/C=C2\C(C)(C)c3c(cc(S(=O)(=O)[O-])cc3S(=O)(=O)[O-])[N+]23CCC3S(=O)(=O)[O-])=C(CCCS(=O)(=O)O)c2cc(SOO[O-])cc(S(=O)(=O)[O-])c21.[K+].[K+].[K+].[K+].[K+]. The van der Waals surface area contributed by atoms with Crippen LogP contribution in [-0.4, -0.2) is 82.5 Å². The standard InChI is InChI=1S/C30H35NO18S6.5K/c1-29(2)21(19(7-6-12-51(33,34)35)20-13-17(50-49-48-32)14-23(27(20)29)53(39,40)41)8-5-9-25-30(3,4)28-22(31(25)11-10-26(31)55(45,46)47)15-18(52(36,37)38)16-24(28)54(42,43)44;;;;;/h5,8-9,13-16,26H,6-7,10-12H2,1-4H3,(H5-,32,33,34,35,36,37,38,39,40,41,42,43,44,45,46,47);;;;;/q;5*+1/p-4/b8-5?,25-9+;;;;;. The summed E-state index contributed by atoms with van der Waals surface area (Å²) in [7, 11) is -25.9. The van der Waals surface area contributed by atoms with Crippen molar-refractivity contribution in [3.05, 3.63) is 70.5 Å². The Balaban J connectivity index is 0.00000696. The maximum absolute atomic E-state index is 12.7. The van der Waals surface area contributed by atoms with E-state index in [1.165, 1.54) is 52.0 Å². The topological polar surface area (TPSA) is 325 Å². The summed E-state index contributed by atoms with van der Waals surface area (Å²) >= 11 is 0.270. The van der Waals surface area contributed by atoms with Crippen LogP contribution < -0.4 is 267 Å². The minimum absolute atomic E-state index is 0. The first kappa shape index (κ1) is 65.6. The third-order valence-corrected chi connectivity index (χ3v) is 15.2. The molecule has 0 saturated carbocycles. The molecule has 0 radical (unpaired) electrons. The summed E-state index contributed by atoms with van der Waals surface area (Å²) in [5, 5.41) is 12.0. The largest absolute Gasteiger partial charge is 1.00 e. The maximum atomic E-state index is 12.7. The van der Waals surface area contributed by atoms with E-state index < -0.39 is 91.7 Å². The second-order valence-corrected chi connectivity index (χ2v) is 22.0. The molecule has 2 aliphatic heterocycles. The van der Waals surface area contributed by atoms with Gasteiger partial charge in [-0.2, -0.15) is 12.8 Å². The number of rotatable bonds is 13. The van der Waals surface area contributed by atoms with Crippen molar-refractivity contribution >= 4 is 73.9 Å². The number of fused-ring (bicyclic) bond motifs is 3. The van der Waals surface area contributed by atoms with Crippen LogP contribution in [0.4, 0.5) is 5.69 Å². The van der Waals surface area contributed by atoms with E-state index in [0.29, 0.717) is 6.07 Å². The van der Waals surface area contributed by atoms with E-state index in [1.54, 1.807) is 0 Å². The molecule has 304 valence electrons. The summed E-state index contributed by atoms with van der Waals surface area (Å²) in [5.41, 5.74) is -3.13. The predicted octanol–water partition coefficient (Wildman–Crippen LogP) is -13.6. The van der Waals surface area contributed by atoms with Gasteiger partial charge in [-0.3, -0.25) is 9.59 Å². The number of benzene rings is 2. The molecule has 0 amide bonds. The molecule has 19 nitrogen and oxygen atoms in total. The van der Waals surface area contributed by atoms with Crippen LogP contribution in [0.15, 0.2) is 73.3 Å². The number of allylic oxidation sites excluding steroid dienone is 6. The third kappa shape index (κ3) is 13.7. The molecular formula is C30H31K5NO18S6+. The van der Waals surface area contributed by atoms with E-state index in [2.05, 4.69) is 9.37 Å². The fraction of sp³-hybridized carbons (Fsp3) is 0.400. The van der Waals surface area contributed by atoms with Gasteiger partial charge in [-0.15, -0.1) is 0 Å². The number of hydrogen-bond acceptors (Lipinski definition) is 18. The summed E-state index contributed by atoms with van der Waals surface area (Å²) in [6.45, 7) is 5.62. The van der Waals surface area contributed by atoms with Gasteiger partial charge in [-0.25, -0.2) is 38.2 Å². The van der Waals surface area contributed by atoms with Crippen LogP contribution in [-0.2, 0) is 70.8 Å². The molecule has 1 fully saturated rings. The molecule has 0 aromatic heterocycles. The van der Waals surface area contributed by atoms with Crippen molar-refractivity contribution < 1.29 is 336 Å². The van der Waals surface area contributed by atoms with E-state index in [1.807, 2.05) is 0 Å². The first-order valence-corrected chi connectivity index (χ1v) is 23.7. The summed E-state index contributed by atoms with van der Waals surface area (Å²) in [6, 6.07) is 3.41. The van der Waals surface area contributed by atoms with Crippen LogP contribution in [0.25, 0.3) is 5.57 Å². The summed E-state index contributed by atoms with van der Waals surface area (Å²) in [5.74, 6) is -0.731. The zero-order chi connectivity index (χ0) is 41.5. The van der Waals surface area contributed by atoms with E-state index in [-0.39, 0.29) is 339 Å². The van der Waals surface area contributed by atoms with Crippen LogP contribution in [0, 0.1) is 0 Å². The maximum Gasteiger partial charge on any atom is 1.00 e. The molecule has 60 heavy (non-hydrogen) atoms. The molecule has 1 aliphatic carbocycles. The molecule has 2 heterocycles. The number of quaternary nitrogens is 1. The van der Waals surface area contributed by atoms with E-state index in [0.717, 1.165) is 12.1 Å². The molecule has 5 rings (SSSR count). The van der Waals surface area contributed by atoms with Crippen LogP contribution >= 0.6 is 12.0 Å². The molecule has 2 unspecified atom stereocenters. The molecule has 2 atom stereocenters. The van der Waals surface area contributed by atoms with E-state index in [4.69, 9.17) is 0 Å². The van der Waals surface area contributed by atoms with Crippen LogP contribution in [0.1, 0.15) is 63.6 Å². The normalized spacial score (nSPS) is 21.2. The van der Waals surface area contributed by atoms with Crippen LogP contribution in [0.5, 0.6) is 0 Å². The summed E-state index contributed by atoms with van der Waals surface area (Å²) in [6.07, 6.45) is 3.35. The first-order chi connectivity index (χ1) is 24.9. The van der Waals surface area contributed by atoms with Crippen molar-refractivity contribution in [1.82, 2.24) is 4.48 Å². The Morgan fingerprint density at radius 3 is 1.80 bits per heavy atom. The number of nitrogens with zero attached hydrogens (tertiary/aromatic N) is 1. The summed E-state index contributed by atoms with van der Waals surface area (Å²) < 4.78 is 186. The van der Waals surface area contributed by atoms with Crippen LogP contribution in [0.2, 0.25) is 0 Å². The molecule has 30 heteroatoms. The van der Waals surface area contributed by atoms with E-state index >= 15 is 0 Å². The van der Waals surface area contributed by atoms with Crippen molar-refractivity contribution in [1.29, 1.82) is 0 Å². The minimum atomic E-state index is -5.54. The molecule has 2 aromatic carbocycles. The van der Waals surface area contributed by atoms with Crippen molar-refractivity contribution in [2.24, 2.45) is 0 Å². The van der Waals surface area contributed by atoms with Gasteiger partial charge in [0.05, 0.1) is 50.9 Å². The van der Waals surface area contributed by atoms with Gasteiger partial charge < -0.3 is 23.5 Å². The fourth-order valence-corrected chi connectivity index (χ4v) is 12.6. The average Bonchev–Trinajstić information content (AvgIpc) is 3.33. The Hall–Kier alpha value is 5.58. The second kappa shape index (κ2) is 23.9. The molecule has 1 saturated heterocycles. The van der Waals surface area contributed by atoms with E-state index in [9.17, 15) is 70.1 Å².